The number of rotatable bonds is 20. The molecule has 3 heterocycles. The van der Waals surface area contributed by atoms with Crippen LogP contribution < -0.4 is 15.5 Å². The fourth-order valence-corrected chi connectivity index (χ4v) is 7.04. The highest BCUT2D eigenvalue weighted by Crippen LogP contribution is 2.30. The molecule has 4 N–H and O–H groups in total. The average Bonchev–Trinajstić information content (AvgIpc) is 3.51. The van der Waals surface area contributed by atoms with E-state index in [0.29, 0.717) is 74.3 Å². The molecule has 2 unspecified atom stereocenters. The molecular formula is C42H55F2N9O8. The summed E-state index contributed by atoms with van der Waals surface area (Å²) >= 11 is 0. The number of halogens is 2. The standard InChI is InChI=1S/C36H47N7O8.C6H8F2N2/c1-3-41(17-16-40(2)24-34(46)47)18-19-43(25-35(48)49)39-22-33(45)42-15-4-5-29(23-42)51-28-9-6-26(7-10-28)27-8-11-32-31(21-27)30(12-13-37-32)36(50)38-14-20-44;1-10-4-6(7,8)2-5(10)3-9/h6-13,20-21,29,39H,3-5,14-19,22-25H2,1-2H3,(H,38,50)(H,46,47)(H,48,49);5H,2,4H2,1H3. The van der Waals surface area contributed by atoms with Crippen molar-refractivity contribution in [2.75, 3.05) is 92.6 Å². The molecule has 3 aromatic rings. The zero-order valence-electron chi connectivity index (χ0n) is 34.8. The Balaban J connectivity index is 0.000000716. The lowest BCUT2D eigenvalue weighted by Crippen LogP contribution is -2.52. The number of carbonyl (C=O) groups excluding carboxylic acids is 3. The number of piperidine rings is 1. The number of nitrogens with zero attached hydrogens (tertiary/aromatic N) is 7. The van der Waals surface area contributed by atoms with Crippen molar-refractivity contribution in [3.8, 4) is 22.9 Å². The number of fused-ring (bicyclic) bond motifs is 1. The largest absolute Gasteiger partial charge is 0.489 e. The second-order valence-corrected chi connectivity index (χ2v) is 15.0. The van der Waals surface area contributed by atoms with Crippen molar-refractivity contribution in [1.29, 1.82) is 5.26 Å². The topological polar surface area (TPSA) is 212 Å². The molecule has 2 saturated heterocycles. The third-order valence-electron chi connectivity index (χ3n) is 10.3. The summed E-state index contributed by atoms with van der Waals surface area (Å²) in [6.45, 7) is 5.04. The summed E-state index contributed by atoms with van der Waals surface area (Å²) in [6, 6.07) is 16.1. The summed E-state index contributed by atoms with van der Waals surface area (Å²) in [5.74, 6) is -4.40. The minimum Gasteiger partial charge on any atom is -0.489 e. The monoisotopic (exact) mass is 851 g/mol. The number of likely N-dealkylation sites (N-methyl/N-ethyl adjacent to an activating group) is 2. The quantitative estimate of drug-likeness (QED) is 0.0949. The third kappa shape index (κ3) is 15.4. The van der Waals surface area contributed by atoms with Crippen molar-refractivity contribution in [2.24, 2.45) is 0 Å². The number of hydrogen-bond donors (Lipinski definition) is 4. The zero-order chi connectivity index (χ0) is 44.5. The van der Waals surface area contributed by atoms with Crippen LogP contribution in [0.1, 0.15) is 36.5 Å². The van der Waals surface area contributed by atoms with Crippen molar-refractivity contribution < 1.29 is 47.7 Å². The van der Waals surface area contributed by atoms with Gasteiger partial charge in [-0.3, -0.25) is 34.0 Å². The normalized spacial score (nSPS) is 17.5. The Morgan fingerprint density at radius 3 is 2.36 bits per heavy atom. The molecule has 2 aliphatic heterocycles. The molecule has 19 heteroatoms. The van der Waals surface area contributed by atoms with Crippen molar-refractivity contribution in [3.63, 3.8) is 0 Å². The zero-order valence-corrected chi connectivity index (χ0v) is 34.8. The van der Waals surface area contributed by atoms with Gasteiger partial charge in [0.05, 0.1) is 49.9 Å². The van der Waals surface area contributed by atoms with E-state index in [1.807, 2.05) is 55.5 Å². The summed E-state index contributed by atoms with van der Waals surface area (Å²) in [5, 5.41) is 31.5. The second-order valence-electron chi connectivity index (χ2n) is 15.0. The SMILES string of the molecule is CCN(CCN(C)CC(=O)O)CCN(CC(=O)O)NCC(=O)N1CCCC(Oc2ccc(-c3ccc4nccc(C(=O)NCC=O)c4c3)cc2)C1.CN1CC(F)(F)CC1C#N. The number of pyridine rings is 1. The maximum Gasteiger partial charge on any atom is 0.319 e. The van der Waals surface area contributed by atoms with Crippen molar-refractivity contribution >= 4 is 40.9 Å². The highest BCUT2D eigenvalue weighted by molar-refractivity contribution is 6.07. The number of benzene rings is 2. The van der Waals surface area contributed by atoms with Gasteiger partial charge >= 0.3 is 11.9 Å². The van der Waals surface area contributed by atoms with Gasteiger partial charge in [-0.1, -0.05) is 25.1 Å². The number of carboxylic acid groups (broad SMARTS) is 2. The molecule has 330 valence electrons. The third-order valence-corrected chi connectivity index (χ3v) is 10.3. The number of amides is 2. The molecule has 2 aliphatic rings. The maximum atomic E-state index is 13.2. The highest BCUT2D eigenvalue weighted by atomic mass is 19.3. The van der Waals surface area contributed by atoms with Crippen LogP contribution in [-0.4, -0.2) is 181 Å². The number of alkyl halides is 2. The van der Waals surface area contributed by atoms with Crippen LogP contribution in [0.5, 0.6) is 5.75 Å². The predicted octanol–water partition coefficient (Wildman–Crippen LogP) is 2.28. The molecular weight excluding hydrogens is 797 g/mol. The number of aliphatic carboxylic acids is 2. The van der Waals surface area contributed by atoms with Crippen LogP contribution >= 0.6 is 0 Å². The number of ether oxygens (including phenoxy) is 1. The Hall–Kier alpha value is -5.65. The molecule has 2 fully saturated rings. The summed E-state index contributed by atoms with van der Waals surface area (Å²) in [7, 11) is 3.28. The molecule has 17 nitrogen and oxygen atoms in total. The van der Waals surface area contributed by atoms with E-state index in [1.165, 1.54) is 17.0 Å². The van der Waals surface area contributed by atoms with Crippen molar-refractivity contribution in [2.45, 2.75) is 44.3 Å². The minimum atomic E-state index is -2.66. The molecule has 2 amide bonds. The van der Waals surface area contributed by atoms with Crippen LogP contribution in [0.2, 0.25) is 0 Å². The Kier molecular flexibility index (Phi) is 18.4. The van der Waals surface area contributed by atoms with Gasteiger partial charge in [0.1, 0.15) is 30.7 Å². The number of hydrazine groups is 1. The lowest BCUT2D eigenvalue weighted by atomic mass is 10.0. The van der Waals surface area contributed by atoms with Crippen LogP contribution in [-0.2, 0) is 19.2 Å². The Morgan fingerprint density at radius 2 is 1.74 bits per heavy atom. The number of nitriles is 1. The number of carboxylic acids is 2. The van der Waals surface area contributed by atoms with E-state index in [9.17, 15) is 37.9 Å². The summed E-state index contributed by atoms with van der Waals surface area (Å²) in [4.78, 5) is 70.3. The smallest absolute Gasteiger partial charge is 0.319 e. The number of nitrogens with one attached hydrogen (secondary N) is 2. The first-order valence-electron chi connectivity index (χ1n) is 20.1. The van der Waals surface area contributed by atoms with Gasteiger partial charge in [-0.2, -0.15) is 5.26 Å². The highest BCUT2D eigenvalue weighted by Gasteiger charge is 2.43. The van der Waals surface area contributed by atoms with Crippen LogP contribution in [0.25, 0.3) is 22.0 Å². The summed E-state index contributed by atoms with van der Waals surface area (Å²) < 4.78 is 31.1. The van der Waals surface area contributed by atoms with E-state index in [2.05, 4.69) is 20.6 Å². The Bertz CT molecular complexity index is 2000. The molecule has 5 rings (SSSR count). The van der Waals surface area contributed by atoms with Crippen LogP contribution in [0.4, 0.5) is 8.78 Å². The molecule has 2 aromatic carbocycles. The first-order valence-corrected chi connectivity index (χ1v) is 20.1. The first kappa shape index (κ1) is 48.0. The number of aromatic nitrogens is 1. The van der Waals surface area contributed by atoms with E-state index in [0.717, 1.165) is 24.0 Å². The number of carbonyl (C=O) groups is 5. The van der Waals surface area contributed by atoms with Gasteiger partial charge in [-0.25, -0.2) is 19.2 Å². The molecule has 61 heavy (non-hydrogen) atoms. The van der Waals surface area contributed by atoms with Gasteiger partial charge in [-0.15, -0.1) is 0 Å². The number of hydrogen-bond acceptors (Lipinski definition) is 13. The Morgan fingerprint density at radius 1 is 1.03 bits per heavy atom. The number of aldehydes is 1. The molecule has 0 spiro atoms. The van der Waals surface area contributed by atoms with E-state index >= 15 is 0 Å². The lowest BCUT2D eigenvalue weighted by molar-refractivity contribution is -0.141. The predicted molar refractivity (Wildman–Crippen MR) is 222 cm³/mol. The molecule has 0 bridgehead atoms. The fraction of sp³-hybridized carbons (Fsp3) is 0.500. The molecule has 0 saturated carbocycles. The molecule has 0 radical (unpaired) electrons. The van der Waals surface area contributed by atoms with E-state index in [4.69, 9.17) is 15.1 Å². The van der Waals surface area contributed by atoms with Crippen LogP contribution in [0.15, 0.2) is 54.7 Å². The van der Waals surface area contributed by atoms with E-state index < -0.39 is 23.9 Å². The minimum absolute atomic E-state index is 0.0517. The fourth-order valence-electron chi connectivity index (χ4n) is 7.04. The molecule has 2 atom stereocenters. The molecule has 0 aliphatic carbocycles. The van der Waals surface area contributed by atoms with Gasteiger partial charge < -0.3 is 34.9 Å². The Labute approximate surface area is 353 Å². The van der Waals surface area contributed by atoms with Gasteiger partial charge in [0.25, 0.3) is 11.8 Å². The number of likely N-dealkylation sites (tertiary alicyclic amines) is 2. The van der Waals surface area contributed by atoms with E-state index in [-0.39, 0.29) is 57.1 Å². The first-order chi connectivity index (χ1) is 29.1. The van der Waals surface area contributed by atoms with Gasteiger partial charge in [0.15, 0.2) is 0 Å². The van der Waals surface area contributed by atoms with E-state index in [1.54, 1.807) is 29.1 Å². The lowest BCUT2D eigenvalue weighted by Gasteiger charge is -2.34. The summed E-state index contributed by atoms with van der Waals surface area (Å²) in [6.07, 6.45) is 3.22. The average molecular weight is 852 g/mol. The van der Waals surface area contributed by atoms with Crippen LogP contribution in [0, 0.1) is 11.3 Å². The van der Waals surface area contributed by atoms with Gasteiger partial charge in [0.2, 0.25) is 5.91 Å². The van der Waals surface area contributed by atoms with Gasteiger partial charge in [-0.05, 0) is 74.9 Å². The maximum absolute atomic E-state index is 13.2. The van der Waals surface area contributed by atoms with Crippen LogP contribution in [0.3, 0.4) is 0 Å². The second kappa shape index (κ2) is 23.4. The molecule has 1 aromatic heterocycles. The summed E-state index contributed by atoms with van der Waals surface area (Å²) in [5.41, 5.74) is 5.90. The van der Waals surface area contributed by atoms with Crippen molar-refractivity contribution in [1.82, 2.24) is 40.3 Å². The van der Waals surface area contributed by atoms with Crippen molar-refractivity contribution in [3.05, 3.63) is 60.3 Å². The van der Waals surface area contributed by atoms with Gasteiger partial charge in [0, 0.05) is 50.7 Å².